The van der Waals surface area contributed by atoms with Crippen molar-refractivity contribution in [1.82, 2.24) is 4.90 Å². The first-order valence-corrected chi connectivity index (χ1v) is 8.00. The number of ether oxygens (including phenoxy) is 1. The van der Waals surface area contributed by atoms with Crippen molar-refractivity contribution >= 4 is 11.9 Å². The SMILES string of the molecule is C=CCC(=O)N1[C@@H](C=CC(=O)OC)CCC[C@H]1c1ccc(F)cc1. The zero-order valence-electron chi connectivity index (χ0n) is 13.8. The molecule has 1 aliphatic rings. The highest BCUT2D eigenvalue weighted by atomic mass is 19.1. The number of piperidine rings is 1. The van der Waals surface area contributed by atoms with Gasteiger partial charge in [-0.05, 0) is 37.0 Å². The molecule has 0 saturated carbocycles. The van der Waals surface area contributed by atoms with E-state index >= 15 is 0 Å². The van der Waals surface area contributed by atoms with Gasteiger partial charge in [0.15, 0.2) is 0 Å². The van der Waals surface area contributed by atoms with Gasteiger partial charge in [0.1, 0.15) is 5.82 Å². The summed E-state index contributed by atoms with van der Waals surface area (Å²) in [6, 6.07) is 5.89. The first kappa shape index (κ1) is 17.9. The van der Waals surface area contributed by atoms with E-state index in [0.717, 1.165) is 24.8 Å². The molecular formula is C19H22FNO3. The summed E-state index contributed by atoms with van der Waals surface area (Å²) in [4.78, 5) is 25.8. The highest BCUT2D eigenvalue weighted by molar-refractivity contribution is 5.82. The smallest absolute Gasteiger partial charge is 0.330 e. The molecule has 24 heavy (non-hydrogen) atoms. The Bertz CT molecular complexity index is 624. The fraction of sp³-hybridized carbons (Fsp3) is 0.368. The Kier molecular flexibility index (Phi) is 6.29. The van der Waals surface area contributed by atoms with E-state index in [1.165, 1.54) is 25.3 Å². The molecule has 0 radical (unpaired) electrons. The molecule has 1 aromatic carbocycles. The number of halogens is 1. The topological polar surface area (TPSA) is 46.6 Å². The van der Waals surface area contributed by atoms with Gasteiger partial charge < -0.3 is 9.64 Å². The van der Waals surface area contributed by atoms with Crippen molar-refractivity contribution in [2.45, 2.75) is 37.8 Å². The number of likely N-dealkylation sites (tertiary alicyclic amines) is 1. The lowest BCUT2D eigenvalue weighted by Crippen LogP contribution is -2.44. The van der Waals surface area contributed by atoms with Crippen molar-refractivity contribution in [2.24, 2.45) is 0 Å². The summed E-state index contributed by atoms with van der Waals surface area (Å²) >= 11 is 0. The summed E-state index contributed by atoms with van der Waals surface area (Å²) in [7, 11) is 1.31. The van der Waals surface area contributed by atoms with Crippen LogP contribution in [0.15, 0.2) is 49.1 Å². The van der Waals surface area contributed by atoms with Crippen molar-refractivity contribution in [1.29, 1.82) is 0 Å². The lowest BCUT2D eigenvalue weighted by Gasteiger charge is -2.41. The molecule has 5 heteroatoms. The second kappa shape index (κ2) is 8.43. The molecule has 1 aromatic rings. The van der Waals surface area contributed by atoms with Crippen molar-refractivity contribution in [3.63, 3.8) is 0 Å². The normalized spacial score (nSPS) is 20.8. The van der Waals surface area contributed by atoms with E-state index in [2.05, 4.69) is 11.3 Å². The van der Waals surface area contributed by atoms with Gasteiger partial charge in [0, 0.05) is 12.5 Å². The van der Waals surface area contributed by atoms with Crippen LogP contribution in [0.2, 0.25) is 0 Å². The number of esters is 1. The molecule has 1 amide bonds. The van der Waals surface area contributed by atoms with Gasteiger partial charge in [-0.15, -0.1) is 6.58 Å². The summed E-state index contributed by atoms with van der Waals surface area (Å²) in [5.41, 5.74) is 0.894. The second-order valence-electron chi connectivity index (χ2n) is 5.74. The van der Waals surface area contributed by atoms with Crippen LogP contribution in [0.3, 0.4) is 0 Å². The fourth-order valence-corrected chi connectivity index (χ4v) is 3.08. The second-order valence-corrected chi connectivity index (χ2v) is 5.74. The number of hydrogen-bond acceptors (Lipinski definition) is 3. The standard InChI is InChI=1S/C19H22FNO3/c1-3-5-18(22)21-16(12-13-19(23)24-2)6-4-7-17(21)14-8-10-15(20)11-9-14/h3,8-13,16-17H,1,4-7H2,2H3/t16-,17+/m1/s1. The molecule has 0 spiro atoms. The monoisotopic (exact) mass is 331 g/mol. The van der Waals surface area contributed by atoms with Gasteiger partial charge in [0.05, 0.1) is 19.2 Å². The van der Waals surface area contributed by atoms with E-state index < -0.39 is 5.97 Å². The predicted octanol–water partition coefficient (Wildman–Crippen LogP) is 3.55. The van der Waals surface area contributed by atoms with Crippen LogP contribution < -0.4 is 0 Å². The zero-order valence-corrected chi connectivity index (χ0v) is 13.8. The van der Waals surface area contributed by atoms with Gasteiger partial charge in [-0.25, -0.2) is 9.18 Å². The molecule has 1 heterocycles. The Labute approximate surface area is 141 Å². The van der Waals surface area contributed by atoms with Crippen LogP contribution in [0.5, 0.6) is 0 Å². The number of carbonyl (C=O) groups is 2. The number of rotatable bonds is 5. The van der Waals surface area contributed by atoms with Crippen molar-refractivity contribution in [3.8, 4) is 0 Å². The third-order valence-corrected chi connectivity index (χ3v) is 4.19. The van der Waals surface area contributed by atoms with Gasteiger partial charge in [0.25, 0.3) is 0 Å². The molecule has 2 atom stereocenters. The maximum atomic E-state index is 13.2. The summed E-state index contributed by atoms with van der Waals surface area (Å²) in [5.74, 6) is -0.811. The lowest BCUT2D eigenvalue weighted by molar-refractivity contribution is -0.137. The van der Waals surface area contributed by atoms with Crippen LogP contribution >= 0.6 is 0 Å². The first-order chi connectivity index (χ1) is 11.6. The van der Waals surface area contributed by atoms with E-state index in [1.54, 1.807) is 29.2 Å². The molecule has 0 aromatic heterocycles. The van der Waals surface area contributed by atoms with Crippen LogP contribution in [-0.2, 0) is 14.3 Å². The predicted molar refractivity (Wildman–Crippen MR) is 89.6 cm³/mol. The number of carbonyl (C=O) groups excluding carboxylic acids is 2. The largest absolute Gasteiger partial charge is 0.466 e. The molecular weight excluding hydrogens is 309 g/mol. The maximum Gasteiger partial charge on any atom is 0.330 e. The summed E-state index contributed by atoms with van der Waals surface area (Å²) in [6.45, 7) is 3.63. The van der Waals surface area contributed by atoms with Gasteiger partial charge in [-0.3, -0.25) is 4.79 Å². The van der Waals surface area contributed by atoms with E-state index in [9.17, 15) is 14.0 Å². The molecule has 128 valence electrons. The zero-order chi connectivity index (χ0) is 17.5. The van der Waals surface area contributed by atoms with Crippen LogP contribution in [0, 0.1) is 5.82 Å². The van der Waals surface area contributed by atoms with Crippen LogP contribution in [-0.4, -0.2) is 29.9 Å². The number of nitrogens with zero attached hydrogens (tertiary/aromatic N) is 1. The number of benzene rings is 1. The third kappa shape index (κ3) is 4.31. The molecule has 1 aliphatic heterocycles. The van der Waals surface area contributed by atoms with Crippen LogP contribution in [0.25, 0.3) is 0 Å². The van der Waals surface area contributed by atoms with Gasteiger partial charge in [0.2, 0.25) is 5.91 Å². The van der Waals surface area contributed by atoms with Crippen molar-refractivity contribution in [3.05, 3.63) is 60.5 Å². The fourth-order valence-electron chi connectivity index (χ4n) is 3.08. The summed E-state index contributed by atoms with van der Waals surface area (Å²) in [6.07, 6.45) is 7.34. The Morgan fingerprint density at radius 3 is 2.67 bits per heavy atom. The van der Waals surface area contributed by atoms with Crippen LogP contribution in [0.4, 0.5) is 4.39 Å². The first-order valence-electron chi connectivity index (χ1n) is 8.00. The van der Waals surface area contributed by atoms with E-state index in [-0.39, 0.29) is 30.2 Å². The van der Waals surface area contributed by atoms with Gasteiger partial charge >= 0.3 is 5.97 Å². The minimum absolute atomic E-state index is 0.0569. The van der Waals surface area contributed by atoms with Crippen molar-refractivity contribution < 1.29 is 18.7 Å². The van der Waals surface area contributed by atoms with E-state index in [1.807, 2.05) is 0 Å². The average molecular weight is 331 g/mol. The molecule has 0 bridgehead atoms. The molecule has 0 unspecified atom stereocenters. The Hall–Kier alpha value is -2.43. The Morgan fingerprint density at radius 1 is 1.33 bits per heavy atom. The highest BCUT2D eigenvalue weighted by Crippen LogP contribution is 2.35. The number of methoxy groups -OCH3 is 1. The van der Waals surface area contributed by atoms with E-state index in [0.29, 0.717) is 0 Å². The number of hydrogen-bond donors (Lipinski definition) is 0. The maximum absolute atomic E-state index is 13.2. The molecule has 0 aliphatic carbocycles. The minimum Gasteiger partial charge on any atom is -0.466 e. The van der Waals surface area contributed by atoms with Gasteiger partial charge in [-0.1, -0.05) is 24.3 Å². The number of amides is 1. The molecule has 1 saturated heterocycles. The summed E-state index contributed by atoms with van der Waals surface area (Å²) < 4.78 is 17.8. The molecule has 0 N–H and O–H groups in total. The Morgan fingerprint density at radius 2 is 2.04 bits per heavy atom. The molecule has 4 nitrogen and oxygen atoms in total. The molecule has 2 rings (SSSR count). The lowest BCUT2D eigenvalue weighted by atomic mass is 9.90. The Balaban J connectivity index is 2.31. The minimum atomic E-state index is -0.449. The third-order valence-electron chi connectivity index (χ3n) is 4.19. The van der Waals surface area contributed by atoms with E-state index in [4.69, 9.17) is 0 Å². The highest BCUT2D eigenvalue weighted by Gasteiger charge is 2.33. The molecule has 1 fully saturated rings. The quantitative estimate of drug-likeness (QED) is 0.471. The van der Waals surface area contributed by atoms with Crippen molar-refractivity contribution in [2.75, 3.05) is 7.11 Å². The van der Waals surface area contributed by atoms with Gasteiger partial charge in [-0.2, -0.15) is 0 Å². The summed E-state index contributed by atoms with van der Waals surface area (Å²) in [5, 5.41) is 0. The van der Waals surface area contributed by atoms with Crippen LogP contribution in [0.1, 0.15) is 37.3 Å². The average Bonchev–Trinajstić information content (AvgIpc) is 2.60.